The molecular weight excluding hydrogens is 564 g/mol. The number of nitrogens with two attached hydrogens (primary N) is 4. The van der Waals surface area contributed by atoms with Gasteiger partial charge in [-0.25, -0.2) is 9.59 Å². The van der Waals surface area contributed by atoms with Crippen molar-refractivity contribution in [2.75, 3.05) is 52.4 Å². The quantitative estimate of drug-likeness (QED) is 0.0296. The zero-order valence-corrected chi connectivity index (χ0v) is 23.0. The van der Waals surface area contributed by atoms with Crippen LogP contribution in [0.4, 0.5) is 0 Å². The van der Waals surface area contributed by atoms with E-state index in [1.807, 2.05) is 0 Å². The molecule has 0 rings (SSSR count). The van der Waals surface area contributed by atoms with Crippen molar-refractivity contribution in [2.45, 2.75) is 37.8 Å². The van der Waals surface area contributed by atoms with Gasteiger partial charge in [0.15, 0.2) is 11.9 Å². The summed E-state index contributed by atoms with van der Waals surface area (Å²) in [6.45, 7) is -2.55. The molecule has 0 aliphatic heterocycles. The highest BCUT2D eigenvalue weighted by molar-refractivity contribution is 5.86. The van der Waals surface area contributed by atoms with Crippen molar-refractivity contribution in [1.29, 1.82) is 0 Å². The van der Waals surface area contributed by atoms with Gasteiger partial charge in [-0.2, -0.15) is 0 Å². The van der Waals surface area contributed by atoms with Crippen LogP contribution in [0.15, 0.2) is 9.98 Å². The number of aliphatic imine (C=N–C) groups is 2. The lowest BCUT2D eigenvalue weighted by Crippen LogP contribution is -2.50. The third kappa shape index (κ3) is 19.4. The molecule has 20 heteroatoms. The van der Waals surface area contributed by atoms with Gasteiger partial charge in [0.05, 0.1) is 26.2 Å². The minimum absolute atomic E-state index is 0.0100. The average molecular weight is 605 g/mol. The van der Waals surface area contributed by atoms with Crippen LogP contribution in [0.25, 0.3) is 0 Å². The Morgan fingerprint density at radius 1 is 0.595 bits per heavy atom. The number of rotatable bonds is 23. The summed E-state index contributed by atoms with van der Waals surface area (Å²) >= 11 is 0. The van der Waals surface area contributed by atoms with Gasteiger partial charge >= 0.3 is 23.9 Å². The molecule has 0 bridgehead atoms. The summed E-state index contributed by atoms with van der Waals surface area (Å²) in [6.07, 6.45) is 0.451. The number of carbonyl (C=O) groups excluding carboxylic acids is 2. The van der Waals surface area contributed by atoms with Crippen LogP contribution in [0, 0.1) is 0 Å². The Hall–Kier alpha value is -4.72. The maximum atomic E-state index is 12.5. The largest absolute Gasteiger partial charge is 0.480 e. The molecule has 0 saturated carbocycles. The molecule has 0 aromatic heterocycles. The van der Waals surface area contributed by atoms with Crippen LogP contribution in [0.3, 0.4) is 0 Å². The molecule has 2 atom stereocenters. The van der Waals surface area contributed by atoms with E-state index in [1.165, 1.54) is 0 Å². The van der Waals surface area contributed by atoms with Gasteiger partial charge in [-0.1, -0.05) is 0 Å². The van der Waals surface area contributed by atoms with Crippen molar-refractivity contribution >= 4 is 47.6 Å². The average Bonchev–Trinajstić information content (AvgIpc) is 2.84. The topological polar surface area (TPSA) is 343 Å². The molecule has 0 aromatic rings. The number of carboxylic acid groups (broad SMARTS) is 4. The lowest BCUT2D eigenvalue weighted by Gasteiger charge is -2.26. The zero-order valence-electron chi connectivity index (χ0n) is 23.0. The molecular formula is C22H40N10O10. The van der Waals surface area contributed by atoms with E-state index in [9.17, 15) is 49.2 Å². The van der Waals surface area contributed by atoms with Gasteiger partial charge in [-0.05, 0) is 25.7 Å². The van der Waals surface area contributed by atoms with E-state index in [-0.39, 0.29) is 63.8 Å². The second kappa shape index (κ2) is 20.2. The summed E-state index contributed by atoms with van der Waals surface area (Å²) in [5.74, 6) is -7.25. The lowest BCUT2D eigenvalue weighted by molar-refractivity contribution is -0.143. The highest BCUT2D eigenvalue weighted by atomic mass is 16.4. The van der Waals surface area contributed by atoms with Crippen LogP contribution in [-0.4, -0.2) is 142 Å². The van der Waals surface area contributed by atoms with Crippen molar-refractivity contribution in [3.8, 4) is 0 Å². The van der Waals surface area contributed by atoms with Crippen molar-refractivity contribution < 1.29 is 49.2 Å². The highest BCUT2D eigenvalue weighted by Gasteiger charge is 2.24. The van der Waals surface area contributed by atoms with Gasteiger partial charge in [-0.15, -0.1) is 0 Å². The van der Waals surface area contributed by atoms with E-state index in [4.69, 9.17) is 22.9 Å². The second-order valence-corrected chi connectivity index (χ2v) is 9.02. The smallest absolute Gasteiger partial charge is 0.326 e. The van der Waals surface area contributed by atoms with E-state index in [0.29, 0.717) is 0 Å². The first-order valence-corrected chi connectivity index (χ1v) is 12.6. The Bertz CT molecular complexity index is 920. The Labute approximate surface area is 240 Å². The number of nitrogens with zero attached hydrogens (tertiary/aromatic N) is 4. The minimum atomic E-state index is -1.33. The molecule has 0 saturated heterocycles. The molecule has 0 unspecified atom stereocenters. The van der Waals surface area contributed by atoms with Crippen LogP contribution >= 0.6 is 0 Å². The summed E-state index contributed by atoms with van der Waals surface area (Å²) < 4.78 is 0. The predicted octanol–water partition coefficient (Wildman–Crippen LogP) is -4.99. The molecule has 238 valence electrons. The number of hydrogen-bond donors (Lipinski definition) is 10. The molecule has 0 fully saturated rings. The Morgan fingerprint density at radius 2 is 0.929 bits per heavy atom. The Balaban J connectivity index is 5.23. The van der Waals surface area contributed by atoms with Gasteiger partial charge in [0.1, 0.15) is 12.1 Å². The normalized spacial score (nSPS) is 12.1. The summed E-state index contributed by atoms with van der Waals surface area (Å²) in [5, 5.41) is 41.8. The SMILES string of the molecule is NC(N)=NCCC[C@H](NC(=O)CN(CCN(CC(=O)O)CC(=O)N[C@@H](CCCN=C(N)N)C(=O)O)CC(=O)O)C(=O)O. The molecule has 42 heavy (non-hydrogen) atoms. The molecule has 0 radical (unpaired) electrons. The number of amides is 2. The highest BCUT2D eigenvalue weighted by Crippen LogP contribution is 2.02. The first kappa shape index (κ1) is 37.3. The fourth-order valence-electron chi connectivity index (χ4n) is 3.50. The molecule has 20 nitrogen and oxygen atoms in total. The molecule has 14 N–H and O–H groups in total. The minimum Gasteiger partial charge on any atom is -0.480 e. The van der Waals surface area contributed by atoms with Crippen LogP contribution in [0.5, 0.6) is 0 Å². The number of hydrogen-bond acceptors (Lipinski definition) is 10. The summed E-state index contributed by atoms with van der Waals surface area (Å²) in [5.41, 5.74) is 20.8. The van der Waals surface area contributed by atoms with Gasteiger partial charge in [-0.3, -0.25) is 39.0 Å². The van der Waals surface area contributed by atoms with Crippen LogP contribution < -0.4 is 33.6 Å². The third-order valence-electron chi connectivity index (χ3n) is 5.34. The fourth-order valence-corrected chi connectivity index (χ4v) is 3.50. The molecule has 0 spiro atoms. The Kier molecular flexibility index (Phi) is 17.9. The van der Waals surface area contributed by atoms with Crippen LogP contribution in [0.2, 0.25) is 0 Å². The number of aliphatic carboxylic acids is 4. The van der Waals surface area contributed by atoms with E-state index in [2.05, 4.69) is 20.6 Å². The standard InChI is InChI=1S/C22H40N10O10/c23-21(24)27-5-1-3-13(19(39)40)29-15(33)9-31(11-17(35)36)7-8-32(12-18(37)38)10-16(34)30-14(20(41)42)4-2-6-28-22(25)26/h13-14H,1-12H2,(H,29,33)(H,30,34)(H,35,36)(H,37,38)(H,39,40)(H,41,42)(H4,23,24,27)(H4,25,26,28)/t13-,14-/m0/s1. The monoisotopic (exact) mass is 604 g/mol. The van der Waals surface area contributed by atoms with Crippen molar-refractivity contribution in [3.63, 3.8) is 0 Å². The first-order chi connectivity index (χ1) is 19.6. The first-order valence-electron chi connectivity index (χ1n) is 12.6. The van der Waals surface area contributed by atoms with Gasteiger partial charge < -0.3 is 54.0 Å². The number of carboxylic acids is 4. The van der Waals surface area contributed by atoms with Crippen LogP contribution in [0.1, 0.15) is 25.7 Å². The zero-order chi connectivity index (χ0) is 32.2. The maximum Gasteiger partial charge on any atom is 0.326 e. The lowest BCUT2D eigenvalue weighted by atomic mass is 10.1. The maximum absolute atomic E-state index is 12.5. The van der Waals surface area contributed by atoms with Crippen molar-refractivity contribution in [2.24, 2.45) is 32.9 Å². The van der Waals surface area contributed by atoms with Crippen LogP contribution in [-0.2, 0) is 28.8 Å². The van der Waals surface area contributed by atoms with E-state index >= 15 is 0 Å². The fraction of sp³-hybridized carbons (Fsp3) is 0.636. The van der Waals surface area contributed by atoms with E-state index in [0.717, 1.165) is 9.80 Å². The Morgan fingerprint density at radius 3 is 1.19 bits per heavy atom. The molecule has 0 heterocycles. The van der Waals surface area contributed by atoms with Gasteiger partial charge in [0.25, 0.3) is 0 Å². The van der Waals surface area contributed by atoms with Gasteiger partial charge in [0.2, 0.25) is 11.8 Å². The van der Waals surface area contributed by atoms with Crippen molar-refractivity contribution in [1.82, 2.24) is 20.4 Å². The second-order valence-electron chi connectivity index (χ2n) is 9.02. The van der Waals surface area contributed by atoms with E-state index < -0.39 is 74.0 Å². The molecule has 0 aliphatic rings. The van der Waals surface area contributed by atoms with E-state index in [1.54, 1.807) is 0 Å². The predicted molar refractivity (Wildman–Crippen MR) is 147 cm³/mol. The van der Waals surface area contributed by atoms with Gasteiger partial charge in [0, 0.05) is 26.2 Å². The molecule has 0 aliphatic carbocycles. The number of guanidine groups is 2. The number of nitrogens with one attached hydrogen (secondary N) is 2. The third-order valence-corrected chi connectivity index (χ3v) is 5.34. The summed E-state index contributed by atoms with van der Waals surface area (Å²) in [7, 11) is 0. The summed E-state index contributed by atoms with van der Waals surface area (Å²) in [4.78, 5) is 80.3. The molecule has 2 amide bonds. The molecule has 0 aromatic carbocycles. The van der Waals surface area contributed by atoms with Crippen molar-refractivity contribution in [3.05, 3.63) is 0 Å². The summed E-state index contributed by atoms with van der Waals surface area (Å²) in [6, 6.07) is -2.60. The number of carbonyl (C=O) groups is 6.